The van der Waals surface area contributed by atoms with Gasteiger partial charge in [0.2, 0.25) is 0 Å². The summed E-state index contributed by atoms with van der Waals surface area (Å²) in [5.74, 6) is 1.94. The molecule has 1 saturated heterocycles. The highest BCUT2D eigenvalue weighted by Gasteiger charge is 2.25. The summed E-state index contributed by atoms with van der Waals surface area (Å²) in [7, 11) is 3.21. The van der Waals surface area contributed by atoms with Gasteiger partial charge in [0.15, 0.2) is 11.5 Å². The second-order valence-corrected chi connectivity index (χ2v) is 10.4. The lowest BCUT2D eigenvalue weighted by Crippen LogP contribution is -2.38. The standard InChI is InChI=1S/C33H35N3O6/c1-39-30-19-23-17-24(21-37)34-32(28(23)20-31(30)40-2)22-5-3-6-25(18-22)36-10-9-26-27(33(36)38)7-4-8-29(26)42-16-13-35-11-14-41-15-12-35/h3-10,18-20,24,37H,11-17,21H2,1-2H3/t24-/m0/s1. The van der Waals surface area contributed by atoms with E-state index in [-0.39, 0.29) is 18.2 Å². The van der Waals surface area contributed by atoms with Gasteiger partial charge < -0.3 is 24.1 Å². The predicted octanol–water partition coefficient (Wildman–Crippen LogP) is 3.47. The minimum atomic E-state index is -0.278. The number of hydrogen-bond donors (Lipinski definition) is 1. The van der Waals surface area contributed by atoms with E-state index < -0.39 is 0 Å². The van der Waals surface area contributed by atoms with Crippen molar-refractivity contribution in [1.29, 1.82) is 0 Å². The first-order valence-electron chi connectivity index (χ1n) is 14.2. The topological polar surface area (TPSA) is 94.8 Å². The molecular weight excluding hydrogens is 534 g/mol. The summed E-state index contributed by atoms with van der Waals surface area (Å²) in [5, 5.41) is 11.4. The van der Waals surface area contributed by atoms with E-state index in [0.29, 0.717) is 41.3 Å². The molecule has 1 atom stereocenters. The molecule has 0 aliphatic carbocycles. The molecule has 1 fully saturated rings. The molecule has 42 heavy (non-hydrogen) atoms. The highest BCUT2D eigenvalue weighted by Crippen LogP contribution is 2.35. The number of fused-ring (bicyclic) bond motifs is 2. The summed E-state index contributed by atoms with van der Waals surface area (Å²) in [5.41, 5.74) is 4.10. The first kappa shape index (κ1) is 28.0. The van der Waals surface area contributed by atoms with Crippen molar-refractivity contribution in [2.75, 3.05) is 60.3 Å². The molecule has 9 heteroatoms. The van der Waals surface area contributed by atoms with E-state index in [2.05, 4.69) is 4.90 Å². The zero-order chi connectivity index (χ0) is 29.1. The fraction of sp³-hybridized carbons (Fsp3) is 0.333. The maximum Gasteiger partial charge on any atom is 0.263 e. The molecule has 6 rings (SSSR count). The number of aliphatic imine (C=N–C) groups is 1. The highest BCUT2D eigenvalue weighted by atomic mass is 16.5. The van der Waals surface area contributed by atoms with Crippen molar-refractivity contribution in [3.63, 3.8) is 0 Å². The molecule has 0 saturated carbocycles. The first-order chi connectivity index (χ1) is 20.6. The molecule has 0 bridgehead atoms. The number of morpholine rings is 1. The van der Waals surface area contributed by atoms with Gasteiger partial charge in [-0.05, 0) is 54.4 Å². The van der Waals surface area contributed by atoms with Crippen LogP contribution in [0.15, 0.2) is 76.6 Å². The zero-order valence-corrected chi connectivity index (χ0v) is 23.9. The number of aromatic nitrogens is 1. The van der Waals surface area contributed by atoms with Crippen LogP contribution < -0.4 is 19.8 Å². The average Bonchev–Trinajstić information content (AvgIpc) is 3.04. The Labute approximate surface area is 244 Å². The molecule has 0 spiro atoms. The van der Waals surface area contributed by atoms with Crippen molar-refractivity contribution >= 4 is 16.5 Å². The molecule has 9 nitrogen and oxygen atoms in total. The number of hydrogen-bond acceptors (Lipinski definition) is 8. The summed E-state index contributed by atoms with van der Waals surface area (Å²) in [6.45, 7) is 4.59. The van der Waals surface area contributed by atoms with Gasteiger partial charge in [-0.25, -0.2) is 0 Å². The van der Waals surface area contributed by atoms with E-state index in [1.54, 1.807) is 25.0 Å². The molecular formula is C33H35N3O6. The van der Waals surface area contributed by atoms with Crippen molar-refractivity contribution in [1.82, 2.24) is 9.47 Å². The van der Waals surface area contributed by atoms with Gasteiger partial charge in [0.25, 0.3) is 5.56 Å². The second kappa shape index (κ2) is 12.4. The number of pyridine rings is 1. The lowest BCUT2D eigenvalue weighted by Gasteiger charge is -2.26. The van der Waals surface area contributed by atoms with Crippen LogP contribution in [0.3, 0.4) is 0 Å². The Kier molecular flexibility index (Phi) is 8.23. The number of aliphatic hydroxyl groups is 1. The van der Waals surface area contributed by atoms with Crippen LogP contribution in [0.5, 0.6) is 17.2 Å². The van der Waals surface area contributed by atoms with Crippen molar-refractivity contribution in [2.24, 2.45) is 4.99 Å². The van der Waals surface area contributed by atoms with Crippen LogP contribution >= 0.6 is 0 Å². The van der Waals surface area contributed by atoms with Crippen molar-refractivity contribution in [3.05, 3.63) is 93.9 Å². The minimum Gasteiger partial charge on any atom is -0.493 e. The maximum absolute atomic E-state index is 13.7. The Morgan fingerprint density at radius 2 is 1.74 bits per heavy atom. The zero-order valence-electron chi connectivity index (χ0n) is 23.9. The normalized spacial score (nSPS) is 17.0. The fourth-order valence-electron chi connectivity index (χ4n) is 5.69. The van der Waals surface area contributed by atoms with Gasteiger partial charge in [0.05, 0.1) is 51.2 Å². The van der Waals surface area contributed by atoms with Gasteiger partial charge in [-0.15, -0.1) is 0 Å². The number of aliphatic hydroxyl groups excluding tert-OH is 1. The molecule has 218 valence electrons. The van der Waals surface area contributed by atoms with Crippen LogP contribution in [0, 0.1) is 0 Å². The number of benzene rings is 3. The predicted molar refractivity (Wildman–Crippen MR) is 162 cm³/mol. The smallest absolute Gasteiger partial charge is 0.263 e. The summed E-state index contributed by atoms with van der Waals surface area (Å²) < 4.78 is 24.3. The molecule has 0 radical (unpaired) electrons. The van der Waals surface area contributed by atoms with Gasteiger partial charge in [-0.1, -0.05) is 18.2 Å². The van der Waals surface area contributed by atoms with Crippen molar-refractivity contribution in [3.8, 4) is 22.9 Å². The quantitative estimate of drug-likeness (QED) is 0.330. The number of nitrogens with zero attached hydrogens (tertiary/aromatic N) is 3. The molecule has 3 heterocycles. The molecule has 1 N–H and O–H groups in total. The molecule has 0 unspecified atom stereocenters. The van der Waals surface area contributed by atoms with Gasteiger partial charge in [-0.3, -0.25) is 19.3 Å². The van der Waals surface area contributed by atoms with Crippen LogP contribution in [0.1, 0.15) is 16.7 Å². The largest absolute Gasteiger partial charge is 0.493 e. The Morgan fingerprint density at radius 3 is 2.52 bits per heavy atom. The molecule has 0 amide bonds. The molecule has 4 aromatic rings. The lowest BCUT2D eigenvalue weighted by atomic mass is 9.89. The Bertz CT molecular complexity index is 1670. The van der Waals surface area contributed by atoms with E-state index >= 15 is 0 Å². The molecule has 1 aromatic heterocycles. The van der Waals surface area contributed by atoms with E-state index in [4.69, 9.17) is 23.9 Å². The minimum absolute atomic E-state index is 0.0715. The summed E-state index contributed by atoms with van der Waals surface area (Å²) in [6.07, 6.45) is 2.38. The summed E-state index contributed by atoms with van der Waals surface area (Å²) in [4.78, 5) is 20.9. The summed E-state index contributed by atoms with van der Waals surface area (Å²) >= 11 is 0. The van der Waals surface area contributed by atoms with Gasteiger partial charge in [0.1, 0.15) is 12.4 Å². The maximum atomic E-state index is 13.7. The van der Waals surface area contributed by atoms with Crippen LogP contribution in [0.25, 0.3) is 16.5 Å². The third kappa shape index (κ3) is 5.51. The Hall–Kier alpha value is -4.18. The van der Waals surface area contributed by atoms with E-state index in [0.717, 1.165) is 60.6 Å². The number of ether oxygens (including phenoxy) is 4. The lowest BCUT2D eigenvalue weighted by molar-refractivity contribution is 0.0323. The van der Waals surface area contributed by atoms with E-state index in [1.165, 1.54) is 0 Å². The van der Waals surface area contributed by atoms with Crippen molar-refractivity contribution < 1.29 is 24.1 Å². The SMILES string of the molecule is COc1cc2c(cc1OC)C(c1cccc(-n3ccc4c(OCCN5CCOCC5)cccc4c3=O)c1)=N[C@H](CO)C2. The Morgan fingerprint density at radius 1 is 0.952 bits per heavy atom. The first-order valence-corrected chi connectivity index (χ1v) is 14.2. The Balaban J connectivity index is 1.32. The second-order valence-electron chi connectivity index (χ2n) is 10.4. The van der Waals surface area contributed by atoms with E-state index in [1.807, 2.05) is 60.7 Å². The van der Waals surface area contributed by atoms with Crippen LogP contribution in [0.2, 0.25) is 0 Å². The van der Waals surface area contributed by atoms with Gasteiger partial charge in [0, 0.05) is 48.0 Å². The third-order valence-electron chi connectivity index (χ3n) is 7.91. The van der Waals surface area contributed by atoms with Gasteiger partial charge in [-0.2, -0.15) is 0 Å². The van der Waals surface area contributed by atoms with Crippen LogP contribution in [0.4, 0.5) is 0 Å². The molecule has 2 aliphatic rings. The fourth-order valence-corrected chi connectivity index (χ4v) is 5.69. The monoisotopic (exact) mass is 569 g/mol. The van der Waals surface area contributed by atoms with Gasteiger partial charge >= 0.3 is 0 Å². The molecule has 3 aromatic carbocycles. The number of rotatable bonds is 9. The number of methoxy groups -OCH3 is 2. The third-order valence-corrected chi connectivity index (χ3v) is 7.91. The molecule has 2 aliphatic heterocycles. The summed E-state index contributed by atoms with van der Waals surface area (Å²) in [6, 6.07) is 18.9. The van der Waals surface area contributed by atoms with Crippen LogP contribution in [-0.4, -0.2) is 86.6 Å². The van der Waals surface area contributed by atoms with Crippen LogP contribution in [-0.2, 0) is 11.2 Å². The highest BCUT2D eigenvalue weighted by molar-refractivity contribution is 6.15. The van der Waals surface area contributed by atoms with E-state index in [9.17, 15) is 9.90 Å². The van der Waals surface area contributed by atoms with Crippen molar-refractivity contribution in [2.45, 2.75) is 12.5 Å². The average molecular weight is 570 g/mol.